The maximum Gasteiger partial charge on any atom is 0.268 e. The number of nitrogens with zero attached hydrogens (tertiary/aromatic N) is 5. The van der Waals surface area contributed by atoms with E-state index < -0.39 is 0 Å². The zero-order valence-corrected chi connectivity index (χ0v) is 18.4. The molecule has 0 N–H and O–H groups in total. The molecular weight excluding hydrogens is 418 g/mol. The minimum absolute atomic E-state index is 0.0923. The van der Waals surface area contributed by atoms with Gasteiger partial charge in [0.05, 0.1) is 22.7 Å². The lowest BCUT2D eigenvalue weighted by Gasteiger charge is -2.34. The quantitative estimate of drug-likeness (QED) is 0.549. The van der Waals surface area contributed by atoms with Crippen LogP contribution in [0.25, 0.3) is 21.9 Å². The van der Waals surface area contributed by atoms with E-state index in [0.717, 1.165) is 30.2 Å². The molecule has 4 heterocycles. The summed E-state index contributed by atoms with van der Waals surface area (Å²) in [7, 11) is 1.68. The third kappa shape index (κ3) is 4.92. The van der Waals surface area contributed by atoms with Crippen LogP contribution in [0.3, 0.4) is 0 Å². The molecule has 0 aliphatic carbocycles. The number of carbonyl (C=O) groups excluding carboxylic acids is 1. The summed E-state index contributed by atoms with van der Waals surface area (Å²) >= 11 is 1.51. The van der Waals surface area contributed by atoms with Crippen molar-refractivity contribution in [3.05, 3.63) is 45.7 Å². The standard InChI is InChI=1S/C21H25N5O4S/c1-15-12-17(30-23-15)16-13-19(27)26(22-21(16)18-4-3-11-31-18)14-20(28)25-7-5-24(6-8-25)9-10-29-2/h3-4,11-13H,5-10,14H2,1-2H3. The first-order chi connectivity index (χ1) is 15.0. The topological polar surface area (TPSA) is 93.7 Å². The smallest absolute Gasteiger partial charge is 0.268 e. The first-order valence-electron chi connectivity index (χ1n) is 10.1. The van der Waals surface area contributed by atoms with E-state index in [1.54, 1.807) is 18.1 Å². The Morgan fingerprint density at radius 1 is 1.26 bits per heavy atom. The van der Waals surface area contributed by atoms with Gasteiger partial charge in [-0.2, -0.15) is 5.10 Å². The second-order valence-electron chi connectivity index (χ2n) is 7.43. The summed E-state index contributed by atoms with van der Waals surface area (Å²) in [6.45, 7) is 6.10. The predicted molar refractivity (Wildman–Crippen MR) is 117 cm³/mol. The molecule has 9 nitrogen and oxygen atoms in total. The average Bonchev–Trinajstić information content (AvgIpc) is 3.46. The molecule has 31 heavy (non-hydrogen) atoms. The van der Waals surface area contributed by atoms with Gasteiger partial charge in [-0.1, -0.05) is 11.2 Å². The van der Waals surface area contributed by atoms with E-state index in [1.807, 2.05) is 24.4 Å². The lowest BCUT2D eigenvalue weighted by molar-refractivity contribution is -0.133. The Morgan fingerprint density at radius 3 is 2.71 bits per heavy atom. The first kappa shape index (κ1) is 21.4. The maximum absolute atomic E-state index is 12.9. The van der Waals surface area contributed by atoms with Gasteiger partial charge in [0.15, 0.2) is 5.76 Å². The molecule has 0 radical (unpaired) electrons. The van der Waals surface area contributed by atoms with Crippen LogP contribution in [0.15, 0.2) is 39.0 Å². The summed E-state index contributed by atoms with van der Waals surface area (Å²) in [6.07, 6.45) is 0. The van der Waals surface area contributed by atoms with Crippen LogP contribution in [0.1, 0.15) is 5.69 Å². The maximum atomic E-state index is 12.9. The number of rotatable bonds is 7. The number of methoxy groups -OCH3 is 1. The number of aromatic nitrogens is 3. The fourth-order valence-corrected chi connectivity index (χ4v) is 4.27. The molecule has 0 saturated carbocycles. The first-order valence-corrected chi connectivity index (χ1v) is 11.0. The number of thiophene rings is 1. The summed E-state index contributed by atoms with van der Waals surface area (Å²) in [5, 5.41) is 10.4. The lowest BCUT2D eigenvalue weighted by Crippen LogP contribution is -2.50. The molecule has 1 fully saturated rings. The number of ether oxygens (including phenoxy) is 1. The molecule has 10 heteroatoms. The van der Waals surface area contributed by atoms with Crippen LogP contribution in [0.2, 0.25) is 0 Å². The van der Waals surface area contributed by atoms with Crippen LogP contribution in [-0.2, 0) is 16.1 Å². The van der Waals surface area contributed by atoms with E-state index in [4.69, 9.17) is 9.26 Å². The fourth-order valence-electron chi connectivity index (χ4n) is 3.55. The van der Waals surface area contributed by atoms with Gasteiger partial charge in [0.25, 0.3) is 5.56 Å². The second kappa shape index (κ2) is 9.54. The van der Waals surface area contributed by atoms with Crippen molar-refractivity contribution in [2.45, 2.75) is 13.5 Å². The molecule has 0 aromatic carbocycles. The van der Waals surface area contributed by atoms with Crippen molar-refractivity contribution in [3.63, 3.8) is 0 Å². The summed E-state index contributed by atoms with van der Waals surface area (Å²) in [5.41, 5.74) is 1.54. The van der Waals surface area contributed by atoms with Gasteiger partial charge in [-0.25, -0.2) is 4.68 Å². The Hall–Kier alpha value is -2.82. The van der Waals surface area contributed by atoms with Gasteiger partial charge in [0.2, 0.25) is 5.91 Å². The Kier molecular flexibility index (Phi) is 6.59. The minimum Gasteiger partial charge on any atom is -0.383 e. The normalized spacial score (nSPS) is 14.8. The fraction of sp³-hybridized carbons (Fsp3) is 0.429. The van der Waals surface area contributed by atoms with Crippen LogP contribution in [0.5, 0.6) is 0 Å². The third-order valence-electron chi connectivity index (χ3n) is 5.27. The molecule has 1 aliphatic heterocycles. The predicted octanol–water partition coefficient (Wildman–Crippen LogP) is 1.73. The lowest BCUT2D eigenvalue weighted by atomic mass is 10.1. The van der Waals surface area contributed by atoms with Gasteiger partial charge >= 0.3 is 0 Å². The van der Waals surface area contributed by atoms with Crippen LogP contribution in [0, 0.1) is 6.92 Å². The number of carbonyl (C=O) groups is 1. The number of aryl methyl sites for hydroxylation is 1. The molecule has 0 bridgehead atoms. The number of hydrogen-bond acceptors (Lipinski definition) is 8. The largest absolute Gasteiger partial charge is 0.383 e. The summed E-state index contributed by atoms with van der Waals surface area (Å²) in [5.74, 6) is 0.373. The molecule has 3 aromatic heterocycles. The molecule has 0 spiro atoms. The molecule has 4 rings (SSSR count). The third-order valence-corrected chi connectivity index (χ3v) is 6.14. The van der Waals surface area contributed by atoms with Crippen molar-refractivity contribution in [1.82, 2.24) is 24.7 Å². The van der Waals surface area contributed by atoms with Crippen molar-refractivity contribution in [3.8, 4) is 21.9 Å². The minimum atomic E-state index is -0.351. The van der Waals surface area contributed by atoms with Gasteiger partial charge in [-0.3, -0.25) is 14.5 Å². The van der Waals surface area contributed by atoms with E-state index in [9.17, 15) is 9.59 Å². The van der Waals surface area contributed by atoms with Crippen molar-refractivity contribution in [1.29, 1.82) is 0 Å². The zero-order valence-electron chi connectivity index (χ0n) is 17.6. The number of piperazine rings is 1. The Balaban J connectivity index is 1.55. The highest BCUT2D eigenvalue weighted by atomic mass is 32.1. The molecule has 1 saturated heterocycles. The van der Waals surface area contributed by atoms with Gasteiger partial charge < -0.3 is 14.2 Å². The van der Waals surface area contributed by atoms with Gasteiger partial charge in [0, 0.05) is 52.0 Å². The summed E-state index contributed by atoms with van der Waals surface area (Å²) in [6, 6.07) is 7.08. The average molecular weight is 444 g/mol. The Bertz CT molecular complexity index is 1080. The van der Waals surface area contributed by atoms with Crippen molar-refractivity contribution < 1.29 is 14.1 Å². The molecule has 3 aromatic rings. The second-order valence-corrected chi connectivity index (χ2v) is 8.38. The van der Waals surface area contributed by atoms with Crippen molar-refractivity contribution >= 4 is 17.2 Å². The van der Waals surface area contributed by atoms with Crippen LogP contribution in [-0.4, -0.2) is 77.1 Å². The molecule has 1 aliphatic rings. The van der Waals surface area contributed by atoms with Crippen molar-refractivity contribution in [2.24, 2.45) is 0 Å². The van der Waals surface area contributed by atoms with Gasteiger partial charge in [-0.05, 0) is 18.4 Å². The van der Waals surface area contributed by atoms with E-state index in [-0.39, 0.29) is 18.0 Å². The monoisotopic (exact) mass is 443 g/mol. The van der Waals surface area contributed by atoms with Crippen LogP contribution < -0.4 is 5.56 Å². The van der Waals surface area contributed by atoms with Crippen LogP contribution >= 0.6 is 11.3 Å². The van der Waals surface area contributed by atoms with E-state index in [1.165, 1.54) is 22.1 Å². The number of hydrogen-bond donors (Lipinski definition) is 0. The Labute approximate surface area is 183 Å². The van der Waals surface area contributed by atoms with E-state index in [0.29, 0.717) is 36.7 Å². The van der Waals surface area contributed by atoms with E-state index >= 15 is 0 Å². The molecule has 0 atom stereocenters. The number of amides is 1. The highest BCUT2D eigenvalue weighted by molar-refractivity contribution is 7.13. The van der Waals surface area contributed by atoms with Gasteiger partial charge in [0.1, 0.15) is 12.2 Å². The highest BCUT2D eigenvalue weighted by Gasteiger charge is 2.23. The molecule has 0 unspecified atom stereocenters. The molecule has 164 valence electrons. The summed E-state index contributed by atoms with van der Waals surface area (Å²) in [4.78, 5) is 30.6. The van der Waals surface area contributed by atoms with E-state index in [2.05, 4.69) is 15.2 Å². The van der Waals surface area contributed by atoms with Crippen LogP contribution in [0.4, 0.5) is 0 Å². The molecule has 1 amide bonds. The zero-order chi connectivity index (χ0) is 21.8. The highest BCUT2D eigenvalue weighted by Crippen LogP contribution is 2.32. The van der Waals surface area contributed by atoms with Gasteiger partial charge in [-0.15, -0.1) is 11.3 Å². The SMILES string of the molecule is COCCN1CCN(C(=O)Cn2nc(-c3cccs3)c(-c3cc(C)no3)cc2=O)CC1. The Morgan fingerprint density at radius 2 is 2.06 bits per heavy atom. The molecular formula is C21H25N5O4S. The van der Waals surface area contributed by atoms with Crippen molar-refractivity contribution in [2.75, 3.05) is 46.4 Å². The summed E-state index contributed by atoms with van der Waals surface area (Å²) < 4.78 is 11.7.